The van der Waals surface area contributed by atoms with E-state index < -0.39 is 23.2 Å². The molecule has 2 amide bonds. The van der Waals surface area contributed by atoms with Crippen LogP contribution in [0.15, 0.2) is 42.5 Å². The average molecular weight is 416 g/mol. The van der Waals surface area contributed by atoms with Gasteiger partial charge in [0.25, 0.3) is 5.91 Å². The molecule has 0 aliphatic rings. The number of hydrogen-bond acceptors (Lipinski definition) is 6. The van der Waals surface area contributed by atoms with E-state index in [1.54, 1.807) is 30.0 Å². The molecule has 0 spiro atoms. The Bertz CT molecular complexity index is 880. The maximum atomic E-state index is 13.1. The third kappa shape index (κ3) is 5.14. The number of carbonyl (C=O) groups is 3. The maximum Gasteiger partial charge on any atom is 0.326 e. The second kappa shape index (κ2) is 11.3. The number of unbranched alkanes of at least 4 members (excludes halogenated alkanes) is 3. The largest absolute Gasteiger partial charge is 0.465 e. The highest BCUT2D eigenvalue weighted by atomic mass is 16.5. The summed E-state index contributed by atoms with van der Waals surface area (Å²) in [5, 5.41) is 19.6. The first kappa shape index (κ1) is 23.3. The topological polar surface area (TPSA) is 125 Å². The number of carbonyl (C=O) groups excluding carboxylic acids is 3. The van der Waals surface area contributed by atoms with Crippen molar-refractivity contribution in [1.29, 1.82) is 0 Å². The average Bonchev–Trinajstić information content (AvgIpc) is 2.78. The molecule has 2 rings (SSSR count). The summed E-state index contributed by atoms with van der Waals surface area (Å²) in [4.78, 5) is 37.1. The first-order valence-corrected chi connectivity index (χ1v) is 10.0. The summed E-state index contributed by atoms with van der Waals surface area (Å²) in [5.74, 6) is -2.00. The van der Waals surface area contributed by atoms with Crippen molar-refractivity contribution in [2.75, 3.05) is 6.61 Å². The zero-order valence-corrected chi connectivity index (χ0v) is 17.0. The van der Waals surface area contributed by atoms with Gasteiger partial charge < -0.3 is 4.74 Å². The van der Waals surface area contributed by atoms with Crippen molar-refractivity contribution in [2.24, 2.45) is 0 Å². The molecule has 0 saturated carbocycles. The van der Waals surface area contributed by atoms with Crippen molar-refractivity contribution in [3.8, 4) is 0 Å². The molecule has 162 valence electrons. The number of nitrogens with one attached hydrogen (secondary N) is 2. The zero-order chi connectivity index (χ0) is 22.0. The Morgan fingerprint density at radius 3 is 2.33 bits per heavy atom. The van der Waals surface area contributed by atoms with Crippen LogP contribution in [0.3, 0.4) is 0 Å². The van der Waals surface area contributed by atoms with Crippen LogP contribution < -0.4 is 11.0 Å². The summed E-state index contributed by atoms with van der Waals surface area (Å²) >= 11 is 0. The Balaban J connectivity index is 2.35. The van der Waals surface area contributed by atoms with E-state index in [1.165, 1.54) is 0 Å². The van der Waals surface area contributed by atoms with Gasteiger partial charge in [-0.15, -0.1) is 0 Å². The van der Waals surface area contributed by atoms with E-state index in [0.29, 0.717) is 31.2 Å². The lowest BCUT2D eigenvalue weighted by atomic mass is 9.73. The highest BCUT2D eigenvalue weighted by Gasteiger charge is 2.49. The number of ether oxygens (including phenoxy) is 1. The second-order valence-corrected chi connectivity index (χ2v) is 7.04. The molecule has 2 aromatic carbocycles. The fraction of sp³-hybridized carbons (Fsp3) is 0.409. The molecule has 4 N–H and O–H groups in total. The number of hydroxylamine groups is 2. The lowest BCUT2D eigenvalue weighted by Crippen LogP contribution is -2.50. The van der Waals surface area contributed by atoms with Crippen LogP contribution in [0.4, 0.5) is 0 Å². The van der Waals surface area contributed by atoms with E-state index in [1.807, 2.05) is 30.3 Å². The second-order valence-electron chi connectivity index (χ2n) is 7.04. The van der Waals surface area contributed by atoms with Crippen molar-refractivity contribution >= 4 is 28.6 Å². The van der Waals surface area contributed by atoms with Crippen LogP contribution in [-0.2, 0) is 24.5 Å². The third-order valence-corrected chi connectivity index (χ3v) is 5.19. The Kier molecular flexibility index (Phi) is 8.76. The molecule has 0 saturated heterocycles. The van der Waals surface area contributed by atoms with E-state index >= 15 is 0 Å². The van der Waals surface area contributed by atoms with Crippen molar-refractivity contribution < 1.29 is 29.5 Å². The normalized spacial score (nSPS) is 12.8. The maximum absolute atomic E-state index is 13.1. The standard InChI is InChI=1S/C22H28N2O6/c1-2-30-21(27)22(20(26)24-29,15-8-4-3-5-14-19(25)23-28)18-13-9-11-16-10-6-7-12-17(16)18/h6-7,9-13,28-29H,2-5,8,14-15H2,1H3,(H,23,25)(H,24,26). The van der Waals surface area contributed by atoms with Gasteiger partial charge >= 0.3 is 5.97 Å². The minimum absolute atomic E-state index is 0.0975. The Hall–Kier alpha value is -2.97. The van der Waals surface area contributed by atoms with E-state index in [9.17, 15) is 19.6 Å². The number of amides is 2. The number of esters is 1. The summed E-state index contributed by atoms with van der Waals surface area (Å²) in [6.45, 7) is 1.76. The minimum Gasteiger partial charge on any atom is -0.465 e. The van der Waals surface area contributed by atoms with Crippen LogP contribution in [-0.4, -0.2) is 34.8 Å². The Morgan fingerprint density at radius 1 is 0.933 bits per heavy atom. The summed E-state index contributed by atoms with van der Waals surface area (Å²) < 4.78 is 5.27. The molecule has 0 aliphatic carbocycles. The molecule has 0 heterocycles. The smallest absolute Gasteiger partial charge is 0.326 e. The van der Waals surface area contributed by atoms with Crippen molar-refractivity contribution in [3.05, 3.63) is 48.0 Å². The fourth-order valence-corrected chi connectivity index (χ4v) is 3.71. The van der Waals surface area contributed by atoms with E-state index in [-0.39, 0.29) is 19.4 Å². The number of rotatable bonds is 11. The third-order valence-electron chi connectivity index (χ3n) is 5.19. The predicted octanol–water partition coefficient (Wildman–Crippen LogP) is 2.99. The van der Waals surface area contributed by atoms with Gasteiger partial charge in [0.2, 0.25) is 5.91 Å². The number of fused-ring (bicyclic) bond motifs is 1. The van der Waals surface area contributed by atoms with Gasteiger partial charge in [0.1, 0.15) is 0 Å². The van der Waals surface area contributed by atoms with Crippen LogP contribution >= 0.6 is 0 Å². The molecule has 0 radical (unpaired) electrons. The molecule has 1 unspecified atom stereocenters. The molecular formula is C22H28N2O6. The van der Waals surface area contributed by atoms with Gasteiger partial charge in [-0.05, 0) is 36.1 Å². The lowest BCUT2D eigenvalue weighted by Gasteiger charge is -2.31. The number of benzene rings is 2. The van der Waals surface area contributed by atoms with Crippen LogP contribution in [0.25, 0.3) is 10.8 Å². The molecule has 0 aliphatic heterocycles. The number of hydrogen-bond donors (Lipinski definition) is 4. The Labute approximate surface area is 175 Å². The highest BCUT2D eigenvalue weighted by Crippen LogP contribution is 2.37. The van der Waals surface area contributed by atoms with Crippen LogP contribution in [0.1, 0.15) is 51.0 Å². The van der Waals surface area contributed by atoms with Crippen molar-refractivity contribution in [3.63, 3.8) is 0 Å². The molecule has 30 heavy (non-hydrogen) atoms. The van der Waals surface area contributed by atoms with Crippen molar-refractivity contribution in [1.82, 2.24) is 11.0 Å². The first-order valence-electron chi connectivity index (χ1n) is 10.0. The molecule has 2 aromatic rings. The SMILES string of the molecule is CCOC(=O)C(CCCCCCC(=O)NO)(C(=O)NO)c1cccc2ccccc12. The molecular weight excluding hydrogens is 388 g/mol. The first-order chi connectivity index (χ1) is 14.5. The van der Waals surface area contributed by atoms with Crippen LogP contribution in [0, 0.1) is 0 Å². The quantitative estimate of drug-likeness (QED) is 0.147. The van der Waals surface area contributed by atoms with Gasteiger partial charge in [-0.25, -0.2) is 11.0 Å². The fourth-order valence-electron chi connectivity index (χ4n) is 3.71. The van der Waals surface area contributed by atoms with Gasteiger partial charge in [0, 0.05) is 6.42 Å². The van der Waals surface area contributed by atoms with Crippen LogP contribution in [0.2, 0.25) is 0 Å². The molecule has 0 bridgehead atoms. The van der Waals surface area contributed by atoms with Crippen LogP contribution in [0.5, 0.6) is 0 Å². The molecule has 8 heteroatoms. The van der Waals surface area contributed by atoms with Gasteiger partial charge in [-0.1, -0.05) is 61.7 Å². The molecule has 0 aromatic heterocycles. The monoisotopic (exact) mass is 416 g/mol. The van der Waals surface area contributed by atoms with Crippen molar-refractivity contribution in [2.45, 2.75) is 50.9 Å². The summed E-state index contributed by atoms with van der Waals surface area (Å²) in [5.41, 5.74) is 2.03. The van der Waals surface area contributed by atoms with Gasteiger partial charge in [0.15, 0.2) is 5.41 Å². The zero-order valence-electron chi connectivity index (χ0n) is 17.0. The summed E-state index contributed by atoms with van der Waals surface area (Å²) in [7, 11) is 0. The van der Waals surface area contributed by atoms with E-state index in [0.717, 1.165) is 10.8 Å². The highest BCUT2D eigenvalue weighted by molar-refractivity contribution is 6.11. The van der Waals surface area contributed by atoms with E-state index in [4.69, 9.17) is 9.94 Å². The molecule has 8 nitrogen and oxygen atoms in total. The lowest BCUT2D eigenvalue weighted by molar-refractivity contribution is -0.158. The summed E-state index contributed by atoms with van der Waals surface area (Å²) in [6, 6.07) is 12.8. The van der Waals surface area contributed by atoms with Gasteiger partial charge in [0.05, 0.1) is 6.61 Å². The Morgan fingerprint density at radius 2 is 1.63 bits per heavy atom. The minimum atomic E-state index is -1.70. The predicted molar refractivity (Wildman–Crippen MR) is 110 cm³/mol. The van der Waals surface area contributed by atoms with E-state index in [2.05, 4.69) is 0 Å². The summed E-state index contributed by atoms with van der Waals surface area (Å²) in [6.07, 6.45) is 2.74. The van der Waals surface area contributed by atoms with Gasteiger partial charge in [-0.2, -0.15) is 0 Å². The molecule has 1 atom stereocenters. The molecule has 0 fully saturated rings. The van der Waals surface area contributed by atoms with Gasteiger partial charge in [-0.3, -0.25) is 24.8 Å².